The largest absolute Gasteiger partial charge is 0.329 e. The van der Waals surface area contributed by atoms with Crippen molar-refractivity contribution in [3.05, 3.63) is 0 Å². The standard InChI is InChI=1S/C7H11BrN2O2/c8-3-1-2-4-10-6(11)5-9-7(10)12/h1-5H2,(H,9,12). The Morgan fingerprint density at radius 2 is 2.17 bits per heavy atom. The van der Waals surface area contributed by atoms with Crippen molar-refractivity contribution in [1.82, 2.24) is 10.2 Å². The summed E-state index contributed by atoms with van der Waals surface area (Å²) in [5.74, 6) is -0.116. The molecule has 0 aromatic rings. The van der Waals surface area contributed by atoms with Crippen LogP contribution in [-0.2, 0) is 4.79 Å². The van der Waals surface area contributed by atoms with Crippen molar-refractivity contribution in [2.45, 2.75) is 12.8 Å². The number of nitrogens with zero attached hydrogens (tertiary/aromatic N) is 1. The number of urea groups is 1. The highest BCUT2D eigenvalue weighted by molar-refractivity contribution is 9.09. The van der Waals surface area contributed by atoms with Gasteiger partial charge in [-0.2, -0.15) is 0 Å². The highest BCUT2D eigenvalue weighted by Crippen LogP contribution is 2.02. The van der Waals surface area contributed by atoms with E-state index in [0.29, 0.717) is 6.54 Å². The van der Waals surface area contributed by atoms with E-state index in [1.54, 1.807) is 0 Å². The molecule has 0 radical (unpaired) electrons. The molecule has 0 aromatic carbocycles. The Bertz CT molecular complexity index is 180. The van der Waals surface area contributed by atoms with E-state index in [-0.39, 0.29) is 18.5 Å². The van der Waals surface area contributed by atoms with Gasteiger partial charge in [-0.05, 0) is 12.8 Å². The minimum atomic E-state index is -0.255. The fourth-order valence-corrected chi connectivity index (χ4v) is 1.44. The van der Waals surface area contributed by atoms with E-state index >= 15 is 0 Å². The Morgan fingerprint density at radius 3 is 2.67 bits per heavy atom. The van der Waals surface area contributed by atoms with E-state index in [0.717, 1.165) is 18.2 Å². The van der Waals surface area contributed by atoms with Gasteiger partial charge in [0.1, 0.15) is 0 Å². The van der Waals surface area contributed by atoms with Gasteiger partial charge in [0.25, 0.3) is 0 Å². The van der Waals surface area contributed by atoms with Crippen molar-refractivity contribution < 1.29 is 9.59 Å². The Balaban J connectivity index is 2.30. The first-order valence-electron chi connectivity index (χ1n) is 3.90. The van der Waals surface area contributed by atoms with Crippen molar-refractivity contribution >= 4 is 27.9 Å². The summed E-state index contributed by atoms with van der Waals surface area (Å²) in [7, 11) is 0. The zero-order valence-corrected chi connectivity index (χ0v) is 8.26. The maximum Gasteiger partial charge on any atom is 0.324 e. The summed E-state index contributed by atoms with van der Waals surface area (Å²) < 4.78 is 0. The number of halogens is 1. The topological polar surface area (TPSA) is 49.4 Å². The summed E-state index contributed by atoms with van der Waals surface area (Å²) >= 11 is 3.29. The molecule has 0 aliphatic carbocycles. The maximum absolute atomic E-state index is 11.0. The number of rotatable bonds is 4. The molecule has 12 heavy (non-hydrogen) atoms. The summed E-state index contributed by atoms with van der Waals surface area (Å²) in [5, 5.41) is 3.39. The molecular formula is C7H11BrN2O2. The average molecular weight is 235 g/mol. The quantitative estimate of drug-likeness (QED) is 0.443. The van der Waals surface area contributed by atoms with Gasteiger partial charge in [0, 0.05) is 11.9 Å². The monoisotopic (exact) mass is 234 g/mol. The fourth-order valence-electron chi connectivity index (χ4n) is 1.05. The van der Waals surface area contributed by atoms with Gasteiger partial charge >= 0.3 is 6.03 Å². The molecule has 1 heterocycles. The van der Waals surface area contributed by atoms with Crippen LogP contribution in [0.5, 0.6) is 0 Å². The van der Waals surface area contributed by atoms with Crippen LogP contribution in [-0.4, -0.2) is 35.3 Å². The van der Waals surface area contributed by atoms with Crippen LogP contribution in [0.3, 0.4) is 0 Å². The number of imide groups is 1. The Labute approximate surface area is 79.4 Å². The molecule has 0 bridgehead atoms. The van der Waals surface area contributed by atoms with Crippen molar-refractivity contribution in [3.63, 3.8) is 0 Å². The first-order valence-corrected chi connectivity index (χ1v) is 5.02. The second kappa shape index (κ2) is 4.45. The molecule has 3 amide bonds. The third-order valence-corrected chi connectivity index (χ3v) is 2.26. The van der Waals surface area contributed by atoms with Crippen LogP contribution in [0.1, 0.15) is 12.8 Å². The molecule has 1 saturated heterocycles. The van der Waals surface area contributed by atoms with E-state index in [1.807, 2.05) is 0 Å². The number of hydrogen-bond acceptors (Lipinski definition) is 2. The summed E-state index contributed by atoms with van der Waals surface area (Å²) in [5.41, 5.74) is 0. The highest BCUT2D eigenvalue weighted by Gasteiger charge is 2.27. The van der Waals surface area contributed by atoms with Gasteiger partial charge in [-0.1, -0.05) is 15.9 Å². The maximum atomic E-state index is 11.0. The predicted octanol–water partition coefficient (Wildman–Crippen LogP) is 0.713. The van der Waals surface area contributed by atoms with Crippen molar-refractivity contribution in [1.29, 1.82) is 0 Å². The van der Waals surface area contributed by atoms with Crippen LogP contribution >= 0.6 is 15.9 Å². The lowest BCUT2D eigenvalue weighted by Gasteiger charge is -2.10. The number of nitrogens with one attached hydrogen (secondary N) is 1. The zero-order valence-electron chi connectivity index (χ0n) is 6.68. The number of unbranched alkanes of at least 4 members (excludes halogenated alkanes) is 1. The van der Waals surface area contributed by atoms with E-state index < -0.39 is 0 Å². The van der Waals surface area contributed by atoms with Gasteiger partial charge in [-0.3, -0.25) is 9.69 Å². The number of alkyl halides is 1. The fraction of sp³-hybridized carbons (Fsp3) is 0.714. The molecular weight excluding hydrogens is 224 g/mol. The molecule has 0 atom stereocenters. The molecule has 1 aliphatic rings. The van der Waals surface area contributed by atoms with Gasteiger partial charge in [-0.15, -0.1) is 0 Å². The second-order valence-corrected chi connectivity index (χ2v) is 3.39. The Morgan fingerprint density at radius 1 is 1.42 bits per heavy atom. The minimum Gasteiger partial charge on any atom is -0.329 e. The van der Waals surface area contributed by atoms with Crippen LogP contribution in [0, 0.1) is 0 Å². The van der Waals surface area contributed by atoms with Gasteiger partial charge in [0.2, 0.25) is 5.91 Å². The molecule has 0 unspecified atom stereocenters. The molecule has 1 fully saturated rings. The van der Waals surface area contributed by atoms with Crippen LogP contribution in [0.25, 0.3) is 0 Å². The van der Waals surface area contributed by atoms with Crippen LogP contribution < -0.4 is 5.32 Å². The third kappa shape index (κ3) is 2.20. The molecule has 0 aromatic heterocycles. The summed E-state index contributed by atoms with van der Waals surface area (Å²) in [6.07, 6.45) is 1.85. The van der Waals surface area contributed by atoms with Crippen molar-refractivity contribution in [2.75, 3.05) is 18.4 Å². The number of carbonyl (C=O) groups is 2. The summed E-state index contributed by atoms with van der Waals surface area (Å²) in [6, 6.07) is -0.255. The van der Waals surface area contributed by atoms with Gasteiger partial charge < -0.3 is 5.32 Å². The van der Waals surface area contributed by atoms with Gasteiger partial charge in [-0.25, -0.2) is 4.79 Å². The smallest absolute Gasteiger partial charge is 0.324 e. The lowest BCUT2D eigenvalue weighted by atomic mass is 10.3. The summed E-state index contributed by atoms with van der Waals surface area (Å²) in [6.45, 7) is 0.698. The Hall–Kier alpha value is -0.580. The van der Waals surface area contributed by atoms with Crippen LogP contribution in [0.2, 0.25) is 0 Å². The molecule has 1 aliphatic heterocycles. The predicted molar refractivity (Wildman–Crippen MR) is 48.1 cm³/mol. The van der Waals surface area contributed by atoms with Crippen LogP contribution in [0.15, 0.2) is 0 Å². The first kappa shape index (κ1) is 9.51. The van der Waals surface area contributed by atoms with E-state index in [9.17, 15) is 9.59 Å². The molecule has 5 heteroatoms. The highest BCUT2D eigenvalue weighted by atomic mass is 79.9. The van der Waals surface area contributed by atoms with Crippen molar-refractivity contribution in [3.8, 4) is 0 Å². The number of carbonyl (C=O) groups excluding carboxylic acids is 2. The Kier molecular flexibility index (Phi) is 3.52. The minimum absolute atomic E-state index is 0.116. The SMILES string of the molecule is O=C1CNC(=O)N1CCCCBr. The molecule has 1 N–H and O–H groups in total. The van der Waals surface area contributed by atoms with Crippen molar-refractivity contribution in [2.24, 2.45) is 0 Å². The normalized spacial score (nSPS) is 16.9. The van der Waals surface area contributed by atoms with Crippen LogP contribution in [0.4, 0.5) is 4.79 Å². The average Bonchev–Trinajstić information content (AvgIpc) is 2.35. The lowest BCUT2D eigenvalue weighted by Crippen LogP contribution is -2.31. The number of hydrogen-bond donors (Lipinski definition) is 1. The van der Waals surface area contributed by atoms with E-state index in [4.69, 9.17) is 0 Å². The molecule has 68 valence electrons. The molecule has 0 spiro atoms. The molecule has 4 nitrogen and oxygen atoms in total. The molecule has 0 saturated carbocycles. The first-order chi connectivity index (χ1) is 5.75. The third-order valence-electron chi connectivity index (χ3n) is 1.70. The lowest BCUT2D eigenvalue weighted by molar-refractivity contribution is -0.125. The second-order valence-electron chi connectivity index (χ2n) is 2.60. The van der Waals surface area contributed by atoms with E-state index in [1.165, 1.54) is 4.90 Å². The number of amides is 3. The summed E-state index contributed by atoms with van der Waals surface area (Å²) in [4.78, 5) is 23.2. The zero-order chi connectivity index (χ0) is 8.97. The molecule has 1 rings (SSSR count). The van der Waals surface area contributed by atoms with Gasteiger partial charge in [0.15, 0.2) is 0 Å². The van der Waals surface area contributed by atoms with Gasteiger partial charge in [0.05, 0.1) is 6.54 Å². The van der Waals surface area contributed by atoms with E-state index in [2.05, 4.69) is 21.2 Å².